The number of carbonyl (C=O) groups is 3. The van der Waals surface area contributed by atoms with Crippen molar-refractivity contribution >= 4 is 29.7 Å². The highest BCUT2D eigenvalue weighted by molar-refractivity contribution is 7.99. The zero-order valence-corrected chi connectivity index (χ0v) is 11.5. The van der Waals surface area contributed by atoms with E-state index in [9.17, 15) is 14.4 Å². The smallest absolute Gasteiger partial charge is 0.328 e. The van der Waals surface area contributed by atoms with Crippen molar-refractivity contribution in [3.05, 3.63) is 12.2 Å². The molecule has 3 amide bonds. The zero-order chi connectivity index (χ0) is 14.3. The van der Waals surface area contributed by atoms with Crippen LogP contribution in [0.5, 0.6) is 0 Å². The van der Waals surface area contributed by atoms with Crippen LogP contribution in [0.3, 0.4) is 0 Å². The number of hydrogen-bond donors (Lipinski definition) is 3. The quantitative estimate of drug-likeness (QED) is 0.658. The molecule has 106 valence electrons. The normalized spacial score (nSPS) is 22.4. The Hall–Kier alpha value is -1.50. The molecule has 1 aliphatic rings. The van der Waals surface area contributed by atoms with Gasteiger partial charge in [-0.05, 0) is 18.6 Å². The van der Waals surface area contributed by atoms with Crippen LogP contribution in [0.15, 0.2) is 12.2 Å². The molecule has 0 aromatic rings. The Balaban J connectivity index is 2.38. The molecule has 0 bridgehead atoms. The first-order chi connectivity index (χ1) is 9.02. The summed E-state index contributed by atoms with van der Waals surface area (Å²) >= 11 is 1.80. The third-order valence-corrected chi connectivity index (χ3v) is 4.09. The SMILES string of the molecule is CCSC1CCCC1NC(=O)NC(=O)/C=C/C(=O)O. The lowest BCUT2D eigenvalue weighted by Gasteiger charge is -2.19. The number of nitrogens with one attached hydrogen (secondary N) is 2. The first kappa shape index (κ1) is 15.6. The number of rotatable bonds is 5. The van der Waals surface area contributed by atoms with E-state index in [0.717, 1.165) is 31.1 Å². The van der Waals surface area contributed by atoms with Gasteiger partial charge in [0.1, 0.15) is 0 Å². The highest BCUT2D eigenvalue weighted by Crippen LogP contribution is 2.29. The predicted octanol–water partition coefficient (Wildman–Crippen LogP) is 1.13. The molecular weight excluding hydrogens is 268 g/mol. The van der Waals surface area contributed by atoms with Gasteiger partial charge in [-0.25, -0.2) is 9.59 Å². The lowest BCUT2D eigenvalue weighted by molar-refractivity contribution is -0.131. The molecular formula is C12H18N2O4S. The summed E-state index contributed by atoms with van der Waals surface area (Å²) in [7, 11) is 0. The Bertz CT molecular complexity index is 384. The van der Waals surface area contributed by atoms with E-state index in [0.29, 0.717) is 11.3 Å². The van der Waals surface area contributed by atoms with Crippen molar-refractivity contribution in [3.8, 4) is 0 Å². The van der Waals surface area contributed by atoms with Crippen LogP contribution in [-0.4, -0.2) is 40.1 Å². The second-order valence-corrected chi connectivity index (χ2v) is 5.68. The van der Waals surface area contributed by atoms with Crippen LogP contribution in [0.2, 0.25) is 0 Å². The summed E-state index contributed by atoms with van der Waals surface area (Å²) in [6.45, 7) is 2.07. The first-order valence-electron chi connectivity index (χ1n) is 6.17. The van der Waals surface area contributed by atoms with Gasteiger partial charge in [0.2, 0.25) is 0 Å². The molecule has 0 spiro atoms. The van der Waals surface area contributed by atoms with Crippen LogP contribution in [-0.2, 0) is 9.59 Å². The molecule has 0 radical (unpaired) electrons. The average molecular weight is 286 g/mol. The molecule has 2 unspecified atom stereocenters. The molecule has 0 saturated heterocycles. The van der Waals surface area contributed by atoms with Gasteiger partial charge in [-0.15, -0.1) is 0 Å². The van der Waals surface area contributed by atoms with Gasteiger partial charge in [-0.2, -0.15) is 11.8 Å². The van der Waals surface area contributed by atoms with Crippen LogP contribution < -0.4 is 10.6 Å². The molecule has 0 heterocycles. The van der Waals surface area contributed by atoms with Crippen LogP contribution in [0.1, 0.15) is 26.2 Å². The summed E-state index contributed by atoms with van der Waals surface area (Å²) in [6, 6.07) is -0.505. The maximum atomic E-state index is 11.6. The minimum Gasteiger partial charge on any atom is -0.478 e. The minimum absolute atomic E-state index is 0.0706. The van der Waals surface area contributed by atoms with Gasteiger partial charge in [0.05, 0.1) is 0 Å². The number of carboxylic acid groups (broad SMARTS) is 1. The molecule has 1 saturated carbocycles. The molecule has 6 nitrogen and oxygen atoms in total. The second kappa shape index (κ2) is 7.83. The van der Waals surface area contributed by atoms with Crippen molar-refractivity contribution in [2.45, 2.75) is 37.5 Å². The molecule has 0 aromatic heterocycles. The fourth-order valence-corrected chi connectivity index (χ4v) is 3.21. The summed E-state index contributed by atoms with van der Waals surface area (Å²) in [4.78, 5) is 33.0. The maximum absolute atomic E-state index is 11.6. The third-order valence-electron chi connectivity index (χ3n) is 2.76. The molecule has 19 heavy (non-hydrogen) atoms. The Kier molecular flexibility index (Phi) is 6.41. The van der Waals surface area contributed by atoms with Crippen LogP contribution in [0.25, 0.3) is 0 Å². The van der Waals surface area contributed by atoms with Crippen LogP contribution in [0, 0.1) is 0 Å². The monoisotopic (exact) mass is 286 g/mol. The number of carboxylic acids is 1. The average Bonchev–Trinajstić information content (AvgIpc) is 2.74. The first-order valence-corrected chi connectivity index (χ1v) is 7.22. The van der Waals surface area contributed by atoms with Gasteiger partial charge in [0, 0.05) is 23.4 Å². The van der Waals surface area contributed by atoms with E-state index in [1.54, 1.807) is 11.8 Å². The third kappa shape index (κ3) is 5.78. The minimum atomic E-state index is -1.23. The van der Waals surface area contributed by atoms with E-state index >= 15 is 0 Å². The molecule has 3 N–H and O–H groups in total. The summed E-state index contributed by atoms with van der Waals surface area (Å²) in [6.07, 6.45) is 4.54. The van der Waals surface area contributed by atoms with Gasteiger partial charge < -0.3 is 10.4 Å². The number of thioether (sulfide) groups is 1. The van der Waals surface area contributed by atoms with Gasteiger partial charge in [0.15, 0.2) is 0 Å². The molecule has 1 rings (SSSR count). The Labute approximate surface area is 116 Å². The van der Waals surface area contributed by atoms with Crippen molar-refractivity contribution in [1.82, 2.24) is 10.6 Å². The van der Waals surface area contributed by atoms with Crippen molar-refractivity contribution in [2.75, 3.05) is 5.75 Å². The fourth-order valence-electron chi connectivity index (χ4n) is 2.01. The van der Waals surface area contributed by atoms with E-state index in [4.69, 9.17) is 5.11 Å². The fraction of sp³-hybridized carbons (Fsp3) is 0.583. The number of amides is 3. The number of imide groups is 1. The Morgan fingerprint density at radius 1 is 1.32 bits per heavy atom. The van der Waals surface area contributed by atoms with Crippen molar-refractivity contribution in [2.24, 2.45) is 0 Å². The molecule has 2 atom stereocenters. The molecule has 1 aliphatic carbocycles. The Morgan fingerprint density at radius 3 is 2.68 bits per heavy atom. The van der Waals surface area contributed by atoms with Crippen molar-refractivity contribution < 1.29 is 19.5 Å². The van der Waals surface area contributed by atoms with Gasteiger partial charge >= 0.3 is 12.0 Å². The molecule has 0 aliphatic heterocycles. The summed E-state index contributed by atoms with van der Waals surface area (Å²) in [5, 5.41) is 13.6. The topological polar surface area (TPSA) is 95.5 Å². The molecule has 0 aromatic carbocycles. The maximum Gasteiger partial charge on any atom is 0.328 e. The summed E-state index contributed by atoms with van der Waals surface area (Å²) < 4.78 is 0. The molecule has 7 heteroatoms. The van der Waals surface area contributed by atoms with E-state index in [1.807, 2.05) is 0 Å². The van der Waals surface area contributed by atoms with Crippen molar-refractivity contribution in [1.29, 1.82) is 0 Å². The summed E-state index contributed by atoms with van der Waals surface area (Å²) in [5.74, 6) is -0.978. The number of aliphatic carboxylic acids is 1. The molecule has 1 fully saturated rings. The second-order valence-electron chi connectivity index (χ2n) is 4.17. The van der Waals surface area contributed by atoms with Crippen LogP contribution in [0.4, 0.5) is 4.79 Å². The van der Waals surface area contributed by atoms with Gasteiger partial charge in [0.25, 0.3) is 5.91 Å². The van der Waals surface area contributed by atoms with E-state index in [2.05, 4.69) is 17.6 Å². The number of carbonyl (C=O) groups excluding carboxylic acids is 2. The predicted molar refractivity (Wildman–Crippen MR) is 73.0 cm³/mol. The Morgan fingerprint density at radius 2 is 2.05 bits per heavy atom. The zero-order valence-electron chi connectivity index (χ0n) is 10.7. The largest absolute Gasteiger partial charge is 0.478 e. The van der Waals surface area contributed by atoms with Gasteiger partial charge in [-0.1, -0.05) is 13.3 Å². The lowest BCUT2D eigenvalue weighted by Crippen LogP contribution is -2.46. The van der Waals surface area contributed by atoms with Crippen LogP contribution >= 0.6 is 11.8 Å². The standard InChI is InChI=1S/C12H18N2O4S/c1-2-19-9-5-3-4-8(9)13-12(18)14-10(15)6-7-11(16)17/h6-9H,2-5H2,1H3,(H,16,17)(H2,13,14,15,18)/b7-6+. The van der Waals surface area contributed by atoms with E-state index in [1.165, 1.54) is 0 Å². The lowest BCUT2D eigenvalue weighted by atomic mass is 10.2. The van der Waals surface area contributed by atoms with Crippen molar-refractivity contribution in [3.63, 3.8) is 0 Å². The summed E-state index contributed by atoms with van der Waals surface area (Å²) in [5.41, 5.74) is 0. The van der Waals surface area contributed by atoms with E-state index < -0.39 is 17.9 Å². The number of urea groups is 1. The highest BCUT2D eigenvalue weighted by Gasteiger charge is 2.28. The highest BCUT2D eigenvalue weighted by atomic mass is 32.2. The van der Waals surface area contributed by atoms with Gasteiger partial charge in [-0.3, -0.25) is 10.1 Å². The number of hydrogen-bond acceptors (Lipinski definition) is 4. The van der Waals surface area contributed by atoms with E-state index in [-0.39, 0.29) is 6.04 Å².